The highest BCUT2D eigenvalue weighted by Gasteiger charge is 2.31. The summed E-state index contributed by atoms with van der Waals surface area (Å²) in [5, 5.41) is 0.622. The second-order valence-corrected chi connectivity index (χ2v) is 10.8. The number of sulfonamides is 1. The summed E-state index contributed by atoms with van der Waals surface area (Å²) in [6.07, 6.45) is -0.286. The summed E-state index contributed by atoms with van der Waals surface area (Å²) < 4.78 is 66.0. The van der Waals surface area contributed by atoms with E-state index in [1.54, 1.807) is 19.2 Å². The Hall–Kier alpha value is -2.56. The topological polar surface area (TPSA) is 59.1 Å². The molecule has 1 heterocycles. The van der Waals surface area contributed by atoms with E-state index >= 15 is 0 Å². The van der Waals surface area contributed by atoms with E-state index < -0.39 is 26.6 Å². The highest BCUT2D eigenvalue weighted by Crippen LogP contribution is 2.26. The molecule has 1 fully saturated rings. The van der Waals surface area contributed by atoms with Gasteiger partial charge in [-0.05, 0) is 47.5 Å². The second kappa shape index (κ2) is 11.7. The lowest BCUT2D eigenvalue weighted by Gasteiger charge is -2.36. The average molecular weight is 537 g/mol. The van der Waals surface area contributed by atoms with Crippen molar-refractivity contribution in [3.05, 3.63) is 94.5 Å². The number of hydrogen-bond donors (Lipinski definition) is 0. The molecular weight excluding hydrogens is 510 g/mol. The normalized spacial score (nSPS) is 16.1. The molecule has 0 unspecified atom stereocenters. The van der Waals surface area contributed by atoms with Crippen molar-refractivity contribution in [1.82, 2.24) is 9.21 Å². The van der Waals surface area contributed by atoms with Crippen molar-refractivity contribution in [2.45, 2.75) is 17.6 Å². The van der Waals surface area contributed by atoms with Crippen LogP contribution in [0.25, 0.3) is 0 Å². The lowest BCUT2D eigenvalue weighted by Crippen LogP contribution is -2.49. The van der Waals surface area contributed by atoms with Gasteiger partial charge in [0.25, 0.3) is 0 Å². The van der Waals surface area contributed by atoms with Crippen LogP contribution in [-0.2, 0) is 21.4 Å². The minimum atomic E-state index is -4.06. The van der Waals surface area contributed by atoms with Gasteiger partial charge in [-0.1, -0.05) is 35.9 Å². The summed E-state index contributed by atoms with van der Waals surface area (Å²) in [6.45, 7) is 2.14. The highest BCUT2D eigenvalue weighted by molar-refractivity contribution is 7.89. The molecule has 36 heavy (non-hydrogen) atoms. The van der Waals surface area contributed by atoms with Gasteiger partial charge in [0.1, 0.15) is 22.3 Å². The SMILES string of the molecule is COc1cccc(CO[C@@H](CN2CCN(S(=O)(=O)c3ccc(F)cc3F)CC2)c2ccc(Cl)cc2)c1. The highest BCUT2D eigenvalue weighted by atomic mass is 35.5. The largest absolute Gasteiger partial charge is 0.497 e. The number of ether oxygens (including phenoxy) is 2. The third-order valence-corrected chi connectivity index (χ3v) is 8.28. The molecule has 192 valence electrons. The van der Waals surface area contributed by atoms with E-state index in [0.717, 1.165) is 29.0 Å². The maximum Gasteiger partial charge on any atom is 0.246 e. The van der Waals surface area contributed by atoms with Crippen LogP contribution in [0.2, 0.25) is 5.02 Å². The van der Waals surface area contributed by atoms with Crippen molar-refractivity contribution in [2.24, 2.45) is 0 Å². The van der Waals surface area contributed by atoms with Gasteiger partial charge in [0.2, 0.25) is 10.0 Å². The third-order valence-electron chi connectivity index (χ3n) is 6.09. The van der Waals surface area contributed by atoms with Crippen LogP contribution in [0.4, 0.5) is 8.78 Å². The zero-order valence-electron chi connectivity index (χ0n) is 19.7. The Labute approximate surface area is 215 Å². The molecule has 0 spiro atoms. The summed E-state index contributed by atoms with van der Waals surface area (Å²) in [7, 11) is -2.45. The van der Waals surface area contributed by atoms with Crippen LogP contribution in [0.15, 0.2) is 71.6 Å². The molecule has 3 aromatic rings. The van der Waals surface area contributed by atoms with Gasteiger partial charge in [-0.15, -0.1) is 0 Å². The standard InChI is InChI=1S/C26H27ClF2N2O4S/c1-34-23-4-2-3-19(15-23)18-35-25(20-5-7-21(27)8-6-20)17-30-11-13-31(14-12-30)36(32,33)26-10-9-22(28)16-24(26)29/h2-10,15-16,25H,11-14,17-18H2,1H3/t25-/m0/s1. The molecule has 1 aliphatic rings. The Kier molecular flexibility index (Phi) is 8.58. The molecule has 10 heteroatoms. The van der Waals surface area contributed by atoms with E-state index in [1.165, 1.54) is 4.31 Å². The fraction of sp³-hybridized carbons (Fsp3) is 0.308. The van der Waals surface area contributed by atoms with Crippen molar-refractivity contribution in [2.75, 3.05) is 39.8 Å². The van der Waals surface area contributed by atoms with E-state index in [4.69, 9.17) is 21.1 Å². The Morgan fingerprint density at radius 2 is 1.69 bits per heavy atom. The Balaban J connectivity index is 1.43. The smallest absolute Gasteiger partial charge is 0.246 e. The lowest BCUT2D eigenvalue weighted by atomic mass is 10.1. The first kappa shape index (κ1) is 26.5. The molecule has 0 aliphatic carbocycles. The third kappa shape index (κ3) is 6.41. The zero-order chi connectivity index (χ0) is 25.7. The Morgan fingerprint density at radius 1 is 0.972 bits per heavy atom. The van der Waals surface area contributed by atoms with Gasteiger partial charge >= 0.3 is 0 Å². The molecule has 1 aliphatic heterocycles. The zero-order valence-corrected chi connectivity index (χ0v) is 21.3. The number of methoxy groups -OCH3 is 1. The van der Waals surface area contributed by atoms with Crippen LogP contribution >= 0.6 is 11.6 Å². The molecule has 0 aromatic heterocycles. The minimum Gasteiger partial charge on any atom is -0.497 e. The van der Waals surface area contributed by atoms with Crippen LogP contribution in [0, 0.1) is 11.6 Å². The van der Waals surface area contributed by atoms with Crippen LogP contribution < -0.4 is 4.74 Å². The maximum absolute atomic E-state index is 14.1. The summed E-state index contributed by atoms with van der Waals surface area (Å²) in [5.41, 5.74) is 1.91. The Bertz CT molecular complexity index is 1280. The predicted molar refractivity (Wildman–Crippen MR) is 134 cm³/mol. The van der Waals surface area contributed by atoms with Gasteiger partial charge in [0.15, 0.2) is 0 Å². The fourth-order valence-electron chi connectivity index (χ4n) is 4.10. The molecule has 0 N–H and O–H groups in total. The molecule has 3 aromatic carbocycles. The van der Waals surface area contributed by atoms with Crippen LogP contribution in [0.1, 0.15) is 17.2 Å². The number of rotatable bonds is 9. The molecule has 4 rings (SSSR count). The molecule has 0 saturated carbocycles. The first-order chi connectivity index (χ1) is 17.3. The minimum absolute atomic E-state index is 0.183. The van der Waals surface area contributed by atoms with Crippen molar-refractivity contribution in [3.8, 4) is 5.75 Å². The van der Waals surface area contributed by atoms with Crippen molar-refractivity contribution >= 4 is 21.6 Å². The lowest BCUT2D eigenvalue weighted by molar-refractivity contribution is 0.00766. The van der Waals surface area contributed by atoms with Gasteiger partial charge in [0, 0.05) is 43.8 Å². The molecule has 0 amide bonds. The molecule has 1 saturated heterocycles. The number of nitrogens with zero attached hydrogens (tertiary/aromatic N) is 2. The number of hydrogen-bond acceptors (Lipinski definition) is 5. The quantitative estimate of drug-likeness (QED) is 0.390. The monoisotopic (exact) mass is 536 g/mol. The average Bonchev–Trinajstić information content (AvgIpc) is 2.87. The van der Waals surface area contributed by atoms with Gasteiger partial charge < -0.3 is 9.47 Å². The van der Waals surface area contributed by atoms with E-state index in [-0.39, 0.29) is 19.2 Å². The summed E-state index contributed by atoms with van der Waals surface area (Å²) >= 11 is 6.07. The van der Waals surface area contributed by atoms with Crippen LogP contribution in [0.5, 0.6) is 5.75 Å². The maximum atomic E-state index is 14.1. The van der Waals surface area contributed by atoms with Crippen LogP contribution in [-0.4, -0.2) is 57.5 Å². The Morgan fingerprint density at radius 3 is 2.36 bits per heavy atom. The van der Waals surface area contributed by atoms with Crippen molar-refractivity contribution in [3.63, 3.8) is 0 Å². The molecule has 1 atom stereocenters. The first-order valence-corrected chi connectivity index (χ1v) is 13.3. The number of piperazine rings is 1. The second-order valence-electron chi connectivity index (χ2n) is 8.48. The number of halogens is 3. The fourth-order valence-corrected chi connectivity index (χ4v) is 5.69. The van der Waals surface area contributed by atoms with Gasteiger partial charge in [-0.3, -0.25) is 4.90 Å². The van der Waals surface area contributed by atoms with Gasteiger partial charge in [-0.25, -0.2) is 17.2 Å². The molecule has 6 nitrogen and oxygen atoms in total. The van der Waals surface area contributed by atoms with E-state index in [9.17, 15) is 17.2 Å². The van der Waals surface area contributed by atoms with E-state index in [0.29, 0.717) is 37.3 Å². The summed E-state index contributed by atoms with van der Waals surface area (Å²) in [4.78, 5) is 1.59. The van der Waals surface area contributed by atoms with Crippen LogP contribution in [0.3, 0.4) is 0 Å². The molecular formula is C26H27ClF2N2O4S. The van der Waals surface area contributed by atoms with E-state index in [1.807, 2.05) is 36.4 Å². The summed E-state index contributed by atoms with van der Waals surface area (Å²) in [6, 6.07) is 17.6. The van der Waals surface area contributed by atoms with Gasteiger partial charge in [-0.2, -0.15) is 4.31 Å². The molecule has 0 bridgehead atoms. The van der Waals surface area contributed by atoms with E-state index in [2.05, 4.69) is 4.90 Å². The summed E-state index contributed by atoms with van der Waals surface area (Å²) in [5.74, 6) is -1.17. The molecule has 0 radical (unpaired) electrons. The predicted octanol–water partition coefficient (Wildman–Crippen LogP) is 4.89. The first-order valence-electron chi connectivity index (χ1n) is 11.4. The number of benzene rings is 3. The van der Waals surface area contributed by atoms with Gasteiger partial charge in [0.05, 0.1) is 19.8 Å². The van der Waals surface area contributed by atoms with Crippen molar-refractivity contribution < 1.29 is 26.7 Å². The van der Waals surface area contributed by atoms with Crippen molar-refractivity contribution in [1.29, 1.82) is 0 Å².